The van der Waals surface area contributed by atoms with Gasteiger partial charge in [-0.05, 0) is 48.7 Å². The summed E-state index contributed by atoms with van der Waals surface area (Å²) in [6, 6.07) is 19.1. The Morgan fingerprint density at radius 3 is 2.62 bits per heavy atom. The molecule has 2 N–H and O–H groups in total. The van der Waals surface area contributed by atoms with Crippen molar-refractivity contribution in [2.45, 2.75) is 19.4 Å². The van der Waals surface area contributed by atoms with E-state index in [-0.39, 0.29) is 12.6 Å². The summed E-state index contributed by atoms with van der Waals surface area (Å²) in [4.78, 5) is 27.0. The normalized spacial score (nSPS) is 13.6. The lowest BCUT2D eigenvalue weighted by Gasteiger charge is -2.29. The molecule has 0 fully saturated rings. The molecule has 0 bridgehead atoms. The highest BCUT2D eigenvalue weighted by molar-refractivity contribution is 6.39. The highest BCUT2D eigenvalue weighted by atomic mass is 16.3. The van der Waals surface area contributed by atoms with E-state index in [9.17, 15) is 9.59 Å². The molecule has 1 aliphatic rings. The Morgan fingerprint density at radius 2 is 1.83 bits per heavy atom. The molecule has 29 heavy (non-hydrogen) atoms. The molecule has 148 valence electrons. The number of benzene rings is 2. The average Bonchev–Trinajstić information content (AvgIpc) is 3.40. The molecule has 0 unspecified atom stereocenters. The number of nitrogens with zero attached hydrogens (tertiary/aromatic N) is 1. The first-order valence-corrected chi connectivity index (χ1v) is 9.66. The minimum absolute atomic E-state index is 0.191. The molecule has 0 spiro atoms. The number of aryl methyl sites for hydroxylation is 1. The van der Waals surface area contributed by atoms with Crippen LogP contribution < -0.4 is 15.5 Å². The Kier molecular flexibility index (Phi) is 5.33. The van der Waals surface area contributed by atoms with Crippen molar-refractivity contribution in [1.29, 1.82) is 0 Å². The molecule has 2 aromatic carbocycles. The van der Waals surface area contributed by atoms with Crippen molar-refractivity contribution in [2.24, 2.45) is 0 Å². The van der Waals surface area contributed by atoms with Gasteiger partial charge in [-0.15, -0.1) is 0 Å². The summed E-state index contributed by atoms with van der Waals surface area (Å²) in [6.45, 7) is 2.98. The third-order valence-corrected chi connectivity index (χ3v) is 5.23. The molecular weight excluding hydrogens is 366 g/mol. The van der Waals surface area contributed by atoms with E-state index in [1.54, 1.807) is 12.3 Å². The van der Waals surface area contributed by atoms with Crippen molar-refractivity contribution in [3.05, 3.63) is 83.8 Å². The van der Waals surface area contributed by atoms with E-state index in [2.05, 4.69) is 27.7 Å². The summed E-state index contributed by atoms with van der Waals surface area (Å²) in [5, 5.41) is 5.43. The number of furan rings is 1. The fourth-order valence-electron chi connectivity index (χ4n) is 3.69. The van der Waals surface area contributed by atoms with E-state index < -0.39 is 11.8 Å². The smallest absolute Gasteiger partial charge is 0.313 e. The summed E-state index contributed by atoms with van der Waals surface area (Å²) in [6.07, 6.45) is 2.56. The molecule has 2 heterocycles. The minimum atomic E-state index is -0.681. The van der Waals surface area contributed by atoms with Gasteiger partial charge in [0.05, 0.1) is 6.26 Å². The van der Waals surface area contributed by atoms with E-state index in [4.69, 9.17) is 4.42 Å². The predicted molar refractivity (Wildman–Crippen MR) is 112 cm³/mol. The van der Waals surface area contributed by atoms with Gasteiger partial charge in [-0.3, -0.25) is 9.59 Å². The minimum Gasteiger partial charge on any atom is -0.467 e. The van der Waals surface area contributed by atoms with Crippen LogP contribution in [0.2, 0.25) is 0 Å². The van der Waals surface area contributed by atoms with Gasteiger partial charge in [-0.1, -0.05) is 36.4 Å². The summed E-state index contributed by atoms with van der Waals surface area (Å²) in [5.41, 5.74) is 3.93. The van der Waals surface area contributed by atoms with Gasteiger partial charge >= 0.3 is 11.8 Å². The number of carbonyl (C=O) groups excluding carboxylic acids is 2. The SMILES string of the molecule is Cc1ccccc1NC(=O)C(=O)NC[C@@H](c1ccco1)N1CCc2ccccc21. The molecule has 6 heteroatoms. The molecule has 0 saturated carbocycles. The summed E-state index contributed by atoms with van der Waals surface area (Å²) < 4.78 is 5.63. The predicted octanol–water partition coefficient (Wildman–Crippen LogP) is 3.45. The Labute approximate surface area is 169 Å². The van der Waals surface area contributed by atoms with Crippen LogP contribution in [0.25, 0.3) is 0 Å². The van der Waals surface area contributed by atoms with Crippen LogP contribution in [0.4, 0.5) is 11.4 Å². The van der Waals surface area contributed by atoms with E-state index >= 15 is 0 Å². The summed E-state index contributed by atoms with van der Waals surface area (Å²) in [7, 11) is 0. The highest BCUT2D eigenvalue weighted by Gasteiger charge is 2.29. The molecule has 6 nitrogen and oxygen atoms in total. The van der Waals surface area contributed by atoms with E-state index in [0.29, 0.717) is 5.69 Å². The second-order valence-corrected chi connectivity index (χ2v) is 7.08. The van der Waals surface area contributed by atoms with Gasteiger partial charge in [0, 0.05) is 24.5 Å². The van der Waals surface area contributed by atoms with Crippen molar-refractivity contribution in [3.63, 3.8) is 0 Å². The zero-order chi connectivity index (χ0) is 20.2. The topological polar surface area (TPSA) is 74.6 Å². The second kappa shape index (κ2) is 8.22. The molecule has 0 saturated heterocycles. The number of fused-ring (bicyclic) bond motifs is 1. The fourth-order valence-corrected chi connectivity index (χ4v) is 3.69. The third kappa shape index (κ3) is 4.01. The number of hydrogen-bond acceptors (Lipinski definition) is 4. The molecule has 0 radical (unpaired) electrons. The van der Waals surface area contributed by atoms with Crippen LogP contribution in [-0.2, 0) is 16.0 Å². The number of para-hydroxylation sites is 2. The Bertz CT molecular complexity index is 1010. The van der Waals surface area contributed by atoms with Crippen LogP contribution in [0, 0.1) is 6.92 Å². The van der Waals surface area contributed by atoms with Gasteiger partial charge in [-0.2, -0.15) is 0 Å². The zero-order valence-electron chi connectivity index (χ0n) is 16.2. The average molecular weight is 389 g/mol. The van der Waals surface area contributed by atoms with Crippen molar-refractivity contribution in [2.75, 3.05) is 23.3 Å². The number of anilines is 2. The van der Waals surface area contributed by atoms with Crippen LogP contribution in [0.3, 0.4) is 0 Å². The first-order chi connectivity index (χ1) is 14.1. The maximum atomic E-state index is 12.4. The lowest BCUT2D eigenvalue weighted by Crippen LogP contribution is -2.41. The fraction of sp³-hybridized carbons (Fsp3) is 0.217. The highest BCUT2D eigenvalue weighted by Crippen LogP contribution is 2.34. The first kappa shape index (κ1) is 18.8. The maximum Gasteiger partial charge on any atom is 0.313 e. The molecule has 3 aromatic rings. The van der Waals surface area contributed by atoms with Crippen molar-refractivity contribution < 1.29 is 14.0 Å². The van der Waals surface area contributed by atoms with E-state index in [0.717, 1.165) is 30.0 Å². The van der Waals surface area contributed by atoms with E-state index in [1.165, 1.54) is 5.56 Å². The Hall–Kier alpha value is -3.54. The van der Waals surface area contributed by atoms with Crippen LogP contribution >= 0.6 is 0 Å². The van der Waals surface area contributed by atoms with Gasteiger partial charge in [0.1, 0.15) is 11.8 Å². The lowest BCUT2D eigenvalue weighted by atomic mass is 10.1. The van der Waals surface area contributed by atoms with Crippen LogP contribution in [-0.4, -0.2) is 24.9 Å². The van der Waals surface area contributed by atoms with Crippen LogP contribution in [0.1, 0.15) is 22.9 Å². The van der Waals surface area contributed by atoms with Crippen molar-refractivity contribution >= 4 is 23.2 Å². The number of rotatable bonds is 5. The van der Waals surface area contributed by atoms with Gasteiger partial charge in [0.25, 0.3) is 0 Å². The first-order valence-electron chi connectivity index (χ1n) is 9.66. The largest absolute Gasteiger partial charge is 0.467 e. The van der Waals surface area contributed by atoms with Crippen LogP contribution in [0.15, 0.2) is 71.3 Å². The van der Waals surface area contributed by atoms with Gasteiger partial charge < -0.3 is 20.0 Å². The van der Waals surface area contributed by atoms with Crippen molar-refractivity contribution in [1.82, 2.24) is 5.32 Å². The molecule has 4 rings (SSSR count). The van der Waals surface area contributed by atoms with Crippen molar-refractivity contribution in [3.8, 4) is 0 Å². The van der Waals surface area contributed by atoms with E-state index in [1.807, 2.05) is 49.4 Å². The third-order valence-electron chi connectivity index (χ3n) is 5.23. The quantitative estimate of drug-likeness (QED) is 0.656. The van der Waals surface area contributed by atoms with Gasteiger partial charge in [0.2, 0.25) is 0 Å². The Morgan fingerprint density at radius 1 is 1.03 bits per heavy atom. The molecule has 1 aromatic heterocycles. The number of hydrogen-bond donors (Lipinski definition) is 2. The molecular formula is C23H23N3O3. The number of nitrogens with one attached hydrogen (secondary N) is 2. The number of carbonyl (C=O) groups is 2. The summed E-state index contributed by atoms with van der Waals surface area (Å²) >= 11 is 0. The maximum absolute atomic E-state index is 12.4. The molecule has 0 aliphatic carbocycles. The van der Waals surface area contributed by atoms with Gasteiger partial charge in [0.15, 0.2) is 0 Å². The van der Waals surface area contributed by atoms with Gasteiger partial charge in [-0.25, -0.2) is 0 Å². The standard InChI is InChI=1S/C23H23N3O3/c1-16-7-2-4-9-18(16)25-23(28)22(27)24-15-20(21-11-6-14-29-21)26-13-12-17-8-3-5-10-19(17)26/h2-11,14,20H,12-13,15H2,1H3,(H,24,27)(H,25,28)/t20-/m0/s1. The number of amides is 2. The lowest BCUT2D eigenvalue weighted by molar-refractivity contribution is -0.136. The van der Waals surface area contributed by atoms with Crippen LogP contribution in [0.5, 0.6) is 0 Å². The molecule has 1 atom stereocenters. The second-order valence-electron chi connectivity index (χ2n) is 7.08. The molecule has 2 amide bonds. The zero-order valence-corrected chi connectivity index (χ0v) is 16.2. The summed E-state index contributed by atoms with van der Waals surface area (Å²) in [5.74, 6) is -0.599. The monoisotopic (exact) mass is 389 g/mol. The molecule has 1 aliphatic heterocycles. The Balaban J connectivity index is 1.46.